The number of aromatic hydroxyl groups is 2. The number of hydrogen-bond acceptors (Lipinski definition) is 10. The van der Waals surface area contributed by atoms with E-state index < -0.39 is 0 Å². The molecule has 0 saturated carbocycles. The average Bonchev–Trinajstić information content (AvgIpc) is 3.83. The summed E-state index contributed by atoms with van der Waals surface area (Å²) in [5, 5.41) is 23.6. The molecule has 1 aliphatic rings. The van der Waals surface area contributed by atoms with Crippen molar-refractivity contribution in [2.75, 3.05) is 24.7 Å². The third-order valence-corrected chi connectivity index (χ3v) is 14.2. The summed E-state index contributed by atoms with van der Waals surface area (Å²) >= 11 is 6.79. The molecule has 280 valence electrons. The van der Waals surface area contributed by atoms with Crippen molar-refractivity contribution in [1.29, 1.82) is 0 Å². The number of ether oxygens (including phenoxy) is 2. The smallest absolute Gasteiger partial charge is 0.151 e. The van der Waals surface area contributed by atoms with Crippen LogP contribution in [0.1, 0.15) is 44.5 Å². The summed E-state index contributed by atoms with van der Waals surface area (Å²) in [4.78, 5) is 9.56. The Hall–Kier alpha value is -5.00. The SMILES string of the molecule is Oc1c2cccc1Cc1cccc(c1OCCSc1nc3ccccc3s1)Cc1cccc(c1O)Cc1cccc(c1OCCSc1nc3ccccc3s1)C2. The third-order valence-electron chi connectivity index (χ3n) is 9.95. The maximum atomic E-state index is 11.8. The minimum atomic E-state index is 0.285. The summed E-state index contributed by atoms with van der Waals surface area (Å²) in [6, 6.07) is 40.8. The van der Waals surface area contributed by atoms with Gasteiger partial charge in [-0.2, -0.15) is 0 Å². The van der Waals surface area contributed by atoms with Crippen LogP contribution in [0.5, 0.6) is 23.0 Å². The molecule has 2 N–H and O–H groups in total. The van der Waals surface area contributed by atoms with E-state index >= 15 is 0 Å². The third kappa shape index (κ3) is 7.97. The van der Waals surface area contributed by atoms with E-state index in [0.29, 0.717) is 38.9 Å². The molecule has 0 atom stereocenters. The second-order valence-electron chi connectivity index (χ2n) is 13.7. The molecule has 56 heavy (non-hydrogen) atoms. The van der Waals surface area contributed by atoms with Gasteiger partial charge in [-0.05, 0) is 68.8 Å². The molecule has 10 heteroatoms. The molecule has 0 fully saturated rings. The van der Waals surface area contributed by atoms with E-state index in [2.05, 4.69) is 36.4 Å². The van der Waals surface area contributed by atoms with E-state index in [4.69, 9.17) is 19.4 Å². The number of benzene rings is 6. The standard InChI is InChI=1S/C46H38N2O4S4/c49-41-29-9-5-11-31(41)27-35-15-8-16-36(44(35)52-22-24-54-46-48-38-18-2-4-20-40(38)56-46)28-32-12-6-10-30(42(32)50)26-34-14-7-13-33(25-29)43(34)51-21-23-53-45-47-37-17-1-3-19-39(37)55-45/h1-20,49-50H,21-28H2. The van der Waals surface area contributed by atoms with Crippen molar-refractivity contribution in [3.63, 3.8) is 0 Å². The highest BCUT2D eigenvalue weighted by Crippen LogP contribution is 2.39. The van der Waals surface area contributed by atoms with Crippen LogP contribution in [-0.2, 0) is 25.7 Å². The Morgan fingerprint density at radius 3 is 1.14 bits per heavy atom. The number of phenolic OH excluding ortho intramolecular Hbond substituents is 2. The first kappa shape index (κ1) is 36.6. The molecule has 8 bridgehead atoms. The lowest BCUT2D eigenvalue weighted by molar-refractivity contribution is 0.337. The molecule has 8 aromatic rings. The van der Waals surface area contributed by atoms with Crippen molar-refractivity contribution in [3.05, 3.63) is 166 Å². The molecule has 9 rings (SSSR count). The summed E-state index contributed by atoms with van der Waals surface area (Å²) in [7, 11) is 0. The maximum absolute atomic E-state index is 11.8. The zero-order valence-electron chi connectivity index (χ0n) is 30.4. The van der Waals surface area contributed by atoms with E-state index in [1.807, 2.05) is 84.9 Å². The van der Waals surface area contributed by atoms with E-state index in [9.17, 15) is 10.2 Å². The van der Waals surface area contributed by atoms with Gasteiger partial charge in [-0.15, -0.1) is 22.7 Å². The molecule has 0 amide bonds. The fraction of sp³-hybridized carbons (Fsp3) is 0.174. The Morgan fingerprint density at radius 2 is 0.786 bits per heavy atom. The van der Waals surface area contributed by atoms with Crippen LogP contribution in [0.15, 0.2) is 130 Å². The van der Waals surface area contributed by atoms with Crippen LogP contribution in [0, 0.1) is 0 Å². The van der Waals surface area contributed by atoms with E-state index in [0.717, 1.165) is 87.2 Å². The highest BCUT2D eigenvalue weighted by atomic mass is 32.2. The molecule has 0 radical (unpaired) electrons. The molecule has 2 aromatic heterocycles. The highest BCUT2D eigenvalue weighted by molar-refractivity contribution is 8.01. The first-order chi connectivity index (χ1) is 27.6. The Morgan fingerprint density at radius 1 is 0.446 bits per heavy atom. The normalized spacial score (nSPS) is 12.6. The second-order valence-corrected chi connectivity index (χ2v) is 18.4. The largest absolute Gasteiger partial charge is 0.507 e. The molecule has 1 aliphatic carbocycles. The van der Waals surface area contributed by atoms with Crippen LogP contribution >= 0.6 is 46.2 Å². The van der Waals surface area contributed by atoms with Gasteiger partial charge in [0.1, 0.15) is 23.0 Å². The van der Waals surface area contributed by atoms with Crippen molar-refractivity contribution >= 4 is 66.6 Å². The van der Waals surface area contributed by atoms with Crippen molar-refractivity contribution < 1.29 is 19.7 Å². The fourth-order valence-corrected chi connectivity index (χ4v) is 11.2. The van der Waals surface area contributed by atoms with Crippen LogP contribution in [0.4, 0.5) is 0 Å². The monoisotopic (exact) mass is 810 g/mol. The predicted molar refractivity (Wildman–Crippen MR) is 232 cm³/mol. The van der Waals surface area contributed by atoms with Gasteiger partial charge >= 0.3 is 0 Å². The topological polar surface area (TPSA) is 84.7 Å². The summed E-state index contributed by atoms with van der Waals surface area (Å²) < 4.78 is 17.7. The molecule has 0 saturated heterocycles. The van der Waals surface area contributed by atoms with Crippen molar-refractivity contribution in [2.45, 2.75) is 34.4 Å². The number of nitrogens with zero attached hydrogens (tertiary/aromatic N) is 2. The van der Waals surface area contributed by atoms with Crippen molar-refractivity contribution in [1.82, 2.24) is 9.97 Å². The second kappa shape index (κ2) is 16.6. The molecular formula is C46H38N2O4S4. The lowest BCUT2D eigenvalue weighted by atomic mass is 9.91. The Kier molecular flexibility index (Phi) is 10.9. The zero-order chi connectivity index (χ0) is 37.8. The van der Waals surface area contributed by atoms with Crippen LogP contribution < -0.4 is 9.47 Å². The minimum Gasteiger partial charge on any atom is -0.507 e. The number of thioether (sulfide) groups is 2. The van der Waals surface area contributed by atoms with Gasteiger partial charge in [0.2, 0.25) is 0 Å². The van der Waals surface area contributed by atoms with Crippen LogP contribution in [0.3, 0.4) is 0 Å². The van der Waals surface area contributed by atoms with Gasteiger partial charge in [0, 0.05) is 37.2 Å². The van der Waals surface area contributed by atoms with Gasteiger partial charge < -0.3 is 19.7 Å². The zero-order valence-corrected chi connectivity index (χ0v) is 33.7. The van der Waals surface area contributed by atoms with Crippen molar-refractivity contribution in [2.24, 2.45) is 0 Å². The molecule has 2 heterocycles. The lowest BCUT2D eigenvalue weighted by Gasteiger charge is -2.20. The molecule has 0 aliphatic heterocycles. The molecular weight excluding hydrogens is 773 g/mol. The average molecular weight is 811 g/mol. The number of hydrogen-bond donors (Lipinski definition) is 2. The fourth-order valence-electron chi connectivity index (χ4n) is 7.26. The van der Waals surface area contributed by atoms with Gasteiger partial charge in [0.15, 0.2) is 8.68 Å². The summed E-state index contributed by atoms with van der Waals surface area (Å²) in [5.41, 5.74) is 9.30. The van der Waals surface area contributed by atoms with Gasteiger partial charge in [-0.25, -0.2) is 9.97 Å². The van der Waals surface area contributed by atoms with Gasteiger partial charge in [0.05, 0.1) is 33.6 Å². The maximum Gasteiger partial charge on any atom is 0.151 e. The molecule has 0 spiro atoms. The minimum absolute atomic E-state index is 0.285. The summed E-state index contributed by atoms with van der Waals surface area (Å²) in [6.45, 7) is 0.971. The quantitative estimate of drug-likeness (QED) is 0.104. The van der Waals surface area contributed by atoms with Crippen LogP contribution in [-0.4, -0.2) is 44.9 Å². The summed E-state index contributed by atoms with van der Waals surface area (Å²) in [5.74, 6) is 3.63. The Balaban J connectivity index is 1.01. The van der Waals surface area contributed by atoms with Gasteiger partial charge in [-0.1, -0.05) is 121 Å². The summed E-state index contributed by atoms with van der Waals surface area (Å²) in [6.07, 6.45) is 1.97. The van der Waals surface area contributed by atoms with Crippen LogP contribution in [0.25, 0.3) is 20.4 Å². The number of fused-ring (bicyclic) bond motifs is 10. The molecule has 6 aromatic carbocycles. The van der Waals surface area contributed by atoms with Crippen LogP contribution in [0.2, 0.25) is 0 Å². The Bertz CT molecular complexity index is 2340. The van der Waals surface area contributed by atoms with Crippen molar-refractivity contribution in [3.8, 4) is 23.0 Å². The Labute approximate surface area is 342 Å². The van der Waals surface area contributed by atoms with E-state index in [1.165, 1.54) is 9.40 Å². The lowest BCUT2D eigenvalue weighted by Crippen LogP contribution is -2.08. The number of para-hydroxylation sites is 6. The number of rotatable bonds is 10. The first-order valence-electron chi connectivity index (χ1n) is 18.6. The molecule has 6 nitrogen and oxygen atoms in total. The number of aromatic nitrogens is 2. The molecule has 0 unspecified atom stereocenters. The van der Waals surface area contributed by atoms with E-state index in [1.54, 1.807) is 46.2 Å². The predicted octanol–water partition coefficient (Wildman–Crippen LogP) is 11.3. The van der Waals surface area contributed by atoms with Gasteiger partial charge in [0.25, 0.3) is 0 Å². The highest BCUT2D eigenvalue weighted by Gasteiger charge is 2.20. The first-order valence-corrected chi connectivity index (χ1v) is 22.2. The van der Waals surface area contributed by atoms with Gasteiger partial charge in [-0.3, -0.25) is 0 Å². The number of thiazole rings is 2. The van der Waals surface area contributed by atoms with E-state index in [-0.39, 0.29) is 11.5 Å². The number of phenols is 2.